The molecule has 6 heteroatoms. The van der Waals surface area contributed by atoms with E-state index >= 15 is 0 Å². The molecule has 1 N–H and O–H groups in total. The van der Waals surface area contributed by atoms with Gasteiger partial charge in [-0.05, 0) is 36.2 Å². The number of aryl methyl sites for hydroxylation is 1. The van der Waals surface area contributed by atoms with Crippen LogP contribution in [0.2, 0.25) is 5.02 Å². The van der Waals surface area contributed by atoms with Gasteiger partial charge in [0.15, 0.2) is 5.82 Å². The standard InChI is InChI=1S/C24H19ClN4O/c1-16-6-5-9-19(25)23(16)28-24-22-13-26-15-29(22)21-12-18(10-11-20(21)27-24)30-14-17-7-3-2-4-8-17/h2-13,15H,14H2,1H3,(H,27,28). The summed E-state index contributed by atoms with van der Waals surface area (Å²) < 4.78 is 7.99. The number of para-hydroxylation sites is 1. The number of hydrogen-bond donors (Lipinski definition) is 1. The number of anilines is 2. The summed E-state index contributed by atoms with van der Waals surface area (Å²) in [5.41, 5.74) is 5.64. The lowest BCUT2D eigenvalue weighted by Crippen LogP contribution is -2.01. The minimum atomic E-state index is 0.512. The molecule has 0 aliphatic rings. The average Bonchev–Trinajstić information content (AvgIpc) is 3.26. The summed E-state index contributed by atoms with van der Waals surface area (Å²) in [5, 5.41) is 4.04. The van der Waals surface area contributed by atoms with Crippen molar-refractivity contribution in [3.05, 3.63) is 95.4 Å². The minimum absolute atomic E-state index is 0.512. The van der Waals surface area contributed by atoms with Crippen LogP contribution in [-0.2, 0) is 6.61 Å². The van der Waals surface area contributed by atoms with Gasteiger partial charge in [-0.25, -0.2) is 9.97 Å². The molecule has 0 radical (unpaired) electrons. The Morgan fingerprint density at radius 2 is 1.87 bits per heavy atom. The van der Waals surface area contributed by atoms with Gasteiger partial charge in [0.25, 0.3) is 0 Å². The van der Waals surface area contributed by atoms with Crippen LogP contribution in [0.3, 0.4) is 0 Å². The van der Waals surface area contributed by atoms with Crippen molar-refractivity contribution < 1.29 is 4.74 Å². The zero-order valence-electron chi connectivity index (χ0n) is 16.3. The Morgan fingerprint density at radius 3 is 2.70 bits per heavy atom. The molecule has 3 aromatic carbocycles. The number of imidazole rings is 1. The molecule has 0 saturated carbocycles. The van der Waals surface area contributed by atoms with Crippen molar-refractivity contribution in [3.63, 3.8) is 0 Å². The number of aromatic nitrogens is 3. The second-order valence-electron chi connectivity index (χ2n) is 7.09. The van der Waals surface area contributed by atoms with E-state index in [1.807, 2.05) is 78.1 Å². The van der Waals surface area contributed by atoms with Gasteiger partial charge < -0.3 is 10.1 Å². The Bertz CT molecular complexity index is 1330. The third kappa shape index (κ3) is 3.44. The summed E-state index contributed by atoms with van der Waals surface area (Å²) in [6.45, 7) is 2.53. The van der Waals surface area contributed by atoms with E-state index in [0.717, 1.165) is 39.1 Å². The highest BCUT2D eigenvalue weighted by atomic mass is 35.5. The van der Waals surface area contributed by atoms with Crippen molar-refractivity contribution in [2.45, 2.75) is 13.5 Å². The Balaban J connectivity index is 1.53. The number of hydrogen-bond acceptors (Lipinski definition) is 4. The first-order chi connectivity index (χ1) is 14.7. The summed E-state index contributed by atoms with van der Waals surface area (Å²) in [6, 6.07) is 21.8. The van der Waals surface area contributed by atoms with Crippen LogP contribution in [0.5, 0.6) is 5.75 Å². The molecule has 5 rings (SSSR count). The maximum absolute atomic E-state index is 6.40. The highest BCUT2D eigenvalue weighted by Crippen LogP contribution is 2.31. The molecule has 148 valence electrons. The Hall–Kier alpha value is -3.57. The number of fused-ring (bicyclic) bond motifs is 3. The van der Waals surface area contributed by atoms with Crippen molar-refractivity contribution in [1.29, 1.82) is 0 Å². The highest BCUT2D eigenvalue weighted by Gasteiger charge is 2.12. The lowest BCUT2D eigenvalue weighted by Gasteiger charge is -2.14. The second kappa shape index (κ2) is 7.69. The fraction of sp³-hybridized carbons (Fsp3) is 0.0833. The van der Waals surface area contributed by atoms with Crippen molar-refractivity contribution >= 4 is 39.7 Å². The van der Waals surface area contributed by atoms with E-state index in [1.54, 1.807) is 12.5 Å². The average molecular weight is 415 g/mol. The van der Waals surface area contributed by atoms with E-state index in [9.17, 15) is 0 Å². The molecule has 0 unspecified atom stereocenters. The van der Waals surface area contributed by atoms with E-state index in [-0.39, 0.29) is 0 Å². The van der Waals surface area contributed by atoms with Gasteiger partial charge in [0.05, 0.1) is 34.3 Å². The lowest BCUT2D eigenvalue weighted by molar-refractivity contribution is 0.306. The molecule has 0 aliphatic heterocycles. The predicted molar refractivity (Wildman–Crippen MR) is 121 cm³/mol. The van der Waals surface area contributed by atoms with Gasteiger partial charge >= 0.3 is 0 Å². The molecule has 0 atom stereocenters. The molecule has 0 spiro atoms. The van der Waals surface area contributed by atoms with Crippen LogP contribution in [0.1, 0.15) is 11.1 Å². The number of benzene rings is 3. The van der Waals surface area contributed by atoms with Crippen LogP contribution >= 0.6 is 11.6 Å². The van der Waals surface area contributed by atoms with Crippen molar-refractivity contribution in [2.75, 3.05) is 5.32 Å². The maximum Gasteiger partial charge on any atom is 0.157 e. The van der Waals surface area contributed by atoms with Crippen molar-refractivity contribution in [1.82, 2.24) is 14.4 Å². The molecule has 0 aliphatic carbocycles. The number of nitrogens with one attached hydrogen (secondary N) is 1. The van der Waals surface area contributed by atoms with Gasteiger partial charge in [-0.1, -0.05) is 54.1 Å². The van der Waals surface area contributed by atoms with Gasteiger partial charge in [-0.2, -0.15) is 0 Å². The number of nitrogens with zero attached hydrogens (tertiary/aromatic N) is 3. The van der Waals surface area contributed by atoms with E-state index < -0.39 is 0 Å². The first-order valence-electron chi connectivity index (χ1n) is 9.64. The highest BCUT2D eigenvalue weighted by molar-refractivity contribution is 6.33. The van der Waals surface area contributed by atoms with E-state index in [1.165, 1.54) is 0 Å². The van der Waals surface area contributed by atoms with Crippen LogP contribution < -0.4 is 10.1 Å². The molecule has 2 heterocycles. The van der Waals surface area contributed by atoms with Gasteiger partial charge in [0.1, 0.15) is 17.9 Å². The molecule has 0 amide bonds. The normalized spacial score (nSPS) is 11.1. The summed E-state index contributed by atoms with van der Waals surface area (Å²) in [5.74, 6) is 1.49. The fourth-order valence-corrected chi connectivity index (χ4v) is 3.73. The smallest absolute Gasteiger partial charge is 0.157 e. The second-order valence-corrected chi connectivity index (χ2v) is 7.50. The molecular formula is C24H19ClN4O. The Labute approximate surface area is 178 Å². The predicted octanol–water partition coefficient (Wildman–Crippen LogP) is 6.17. The van der Waals surface area contributed by atoms with Crippen LogP contribution in [-0.4, -0.2) is 14.4 Å². The quantitative estimate of drug-likeness (QED) is 0.373. The summed E-state index contributed by atoms with van der Waals surface area (Å²) in [4.78, 5) is 9.16. The minimum Gasteiger partial charge on any atom is -0.489 e. The van der Waals surface area contributed by atoms with Gasteiger partial charge in [-0.3, -0.25) is 4.40 Å². The number of halogens is 1. The van der Waals surface area contributed by atoms with E-state index in [4.69, 9.17) is 21.3 Å². The Morgan fingerprint density at radius 1 is 1.00 bits per heavy atom. The maximum atomic E-state index is 6.40. The number of rotatable bonds is 5. The van der Waals surface area contributed by atoms with E-state index in [2.05, 4.69) is 10.3 Å². The zero-order chi connectivity index (χ0) is 20.5. The van der Waals surface area contributed by atoms with Crippen LogP contribution in [0, 0.1) is 6.92 Å². The summed E-state index contributed by atoms with van der Waals surface area (Å²) >= 11 is 6.40. The number of ether oxygens (including phenoxy) is 1. The van der Waals surface area contributed by atoms with Gasteiger partial charge in [0.2, 0.25) is 0 Å². The van der Waals surface area contributed by atoms with Crippen LogP contribution in [0.4, 0.5) is 11.5 Å². The molecule has 5 nitrogen and oxygen atoms in total. The van der Waals surface area contributed by atoms with Crippen LogP contribution in [0.25, 0.3) is 16.6 Å². The fourth-order valence-electron chi connectivity index (χ4n) is 3.46. The third-order valence-electron chi connectivity index (χ3n) is 5.03. The molecular weight excluding hydrogens is 396 g/mol. The topological polar surface area (TPSA) is 51.5 Å². The molecule has 0 fully saturated rings. The molecule has 0 bridgehead atoms. The molecule has 0 saturated heterocycles. The van der Waals surface area contributed by atoms with Crippen molar-refractivity contribution in [3.8, 4) is 5.75 Å². The van der Waals surface area contributed by atoms with Crippen molar-refractivity contribution in [2.24, 2.45) is 0 Å². The molecule has 5 aromatic rings. The Kier molecular flexibility index (Phi) is 4.73. The van der Waals surface area contributed by atoms with E-state index in [0.29, 0.717) is 17.4 Å². The SMILES string of the molecule is Cc1cccc(Cl)c1Nc1nc2ccc(OCc3ccccc3)cc2n2cncc12. The van der Waals surface area contributed by atoms with Gasteiger partial charge in [0, 0.05) is 6.07 Å². The summed E-state index contributed by atoms with van der Waals surface area (Å²) in [6.07, 6.45) is 3.57. The first kappa shape index (κ1) is 18.5. The monoisotopic (exact) mass is 414 g/mol. The largest absolute Gasteiger partial charge is 0.489 e. The summed E-state index contributed by atoms with van der Waals surface area (Å²) in [7, 11) is 0. The lowest BCUT2D eigenvalue weighted by atomic mass is 10.2. The molecule has 30 heavy (non-hydrogen) atoms. The van der Waals surface area contributed by atoms with Gasteiger partial charge in [-0.15, -0.1) is 0 Å². The molecule has 2 aromatic heterocycles. The zero-order valence-corrected chi connectivity index (χ0v) is 17.1. The third-order valence-corrected chi connectivity index (χ3v) is 5.35. The van der Waals surface area contributed by atoms with Crippen LogP contribution in [0.15, 0.2) is 79.3 Å². The first-order valence-corrected chi connectivity index (χ1v) is 10.0.